The number of carbonyl (C=O) groups is 2. The van der Waals surface area contributed by atoms with E-state index in [1.54, 1.807) is 11.8 Å². The number of hydrogen-bond donors (Lipinski definition) is 2. The molecule has 0 spiro atoms. The summed E-state index contributed by atoms with van der Waals surface area (Å²) < 4.78 is 5.78. The van der Waals surface area contributed by atoms with E-state index in [0.717, 1.165) is 11.3 Å². The molecule has 0 aromatic heterocycles. The van der Waals surface area contributed by atoms with Crippen LogP contribution in [0.2, 0.25) is 0 Å². The van der Waals surface area contributed by atoms with Crippen molar-refractivity contribution in [2.45, 2.75) is 38.3 Å². The van der Waals surface area contributed by atoms with Gasteiger partial charge in [-0.15, -0.1) is 0 Å². The molecule has 2 N–H and O–H groups in total. The van der Waals surface area contributed by atoms with Gasteiger partial charge in [-0.2, -0.15) is 11.8 Å². The second-order valence-electron chi connectivity index (χ2n) is 5.46. The molecule has 1 fully saturated rings. The third kappa shape index (κ3) is 3.55. The summed E-state index contributed by atoms with van der Waals surface area (Å²) in [5, 5.41) is 12.1. The molecular weight excluding hydrogens is 302 g/mol. The Kier molecular flexibility index (Phi) is 5.34. The van der Waals surface area contributed by atoms with Crippen LogP contribution in [0.15, 0.2) is 24.3 Å². The minimum atomic E-state index is -1.16. The van der Waals surface area contributed by atoms with Gasteiger partial charge in [0.15, 0.2) is 6.10 Å². The van der Waals surface area contributed by atoms with Gasteiger partial charge in [-0.05, 0) is 37.1 Å². The quantitative estimate of drug-likeness (QED) is 0.839. The van der Waals surface area contributed by atoms with Crippen LogP contribution in [-0.4, -0.2) is 40.1 Å². The van der Waals surface area contributed by atoms with Gasteiger partial charge in [0, 0.05) is 5.75 Å². The Morgan fingerprint density at radius 1 is 1.45 bits per heavy atom. The molecule has 1 heterocycles. The van der Waals surface area contributed by atoms with Crippen molar-refractivity contribution in [3.05, 3.63) is 29.8 Å². The van der Waals surface area contributed by atoms with E-state index in [-0.39, 0.29) is 5.91 Å². The first-order chi connectivity index (χ1) is 10.5. The molecule has 0 radical (unpaired) electrons. The Morgan fingerprint density at radius 2 is 2.18 bits per heavy atom. The number of carboxylic acids is 1. The van der Waals surface area contributed by atoms with Gasteiger partial charge in [-0.1, -0.05) is 25.1 Å². The molecule has 2 unspecified atom stereocenters. The van der Waals surface area contributed by atoms with Crippen molar-refractivity contribution >= 4 is 23.6 Å². The summed E-state index contributed by atoms with van der Waals surface area (Å²) in [7, 11) is 0. The van der Waals surface area contributed by atoms with Crippen LogP contribution in [0.5, 0.6) is 5.75 Å². The van der Waals surface area contributed by atoms with Crippen molar-refractivity contribution in [2.24, 2.45) is 0 Å². The molecule has 22 heavy (non-hydrogen) atoms. The highest BCUT2D eigenvalue weighted by molar-refractivity contribution is 7.99. The third-order valence-electron chi connectivity index (χ3n) is 3.82. The van der Waals surface area contributed by atoms with Crippen LogP contribution in [0.25, 0.3) is 0 Å². The van der Waals surface area contributed by atoms with Crippen LogP contribution in [-0.2, 0) is 9.59 Å². The minimum absolute atomic E-state index is 0.365. The fourth-order valence-electron chi connectivity index (χ4n) is 2.37. The molecule has 0 aliphatic carbocycles. The van der Waals surface area contributed by atoms with Crippen LogP contribution in [0.3, 0.4) is 0 Å². The molecule has 6 heteroatoms. The number of carbonyl (C=O) groups excluding carboxylic acids is 1. The summed E-state index contributed by atoms with van der Waals surface area (Å²) in [6.07, 6.45) is 0.227. The number of thioether (sulfide) groups is 1. The topological polar surface area (TPSA) is 75.6 Å². The monoisotopic (exact) mass is 323 g/mol. The predicted octanol–water partition coefficient (Wildman–Crippen LogP) is 2.23. The number of benzene rings is 1. The predicted molar refractivity (Wildman–Crippen MR) is 86.3 cm³/mol. The molecule has 0 saturated carbocycles. The Morgan fingerprint density at radius 3 is 2.73 bits per heavy atom. The maximum Gasteiger partial charge on any atom is 0.330 e. The Balaban J connectivity index is 2.09. The first-order valence-electron chi connectivity index (χ1n) is 7.34. The van der Waals surface area contributed by atoms with E-state index in [9.17, 15) is 14.7 Å². The number of aryl methyl sites for hydroxylation is 1. The number of amides is 1. The van der Waals surface area contributed by atoms with Crippen molar-refractivity contribution in [3.8, 4) is 5.75 Å². The smallest absolute Gasteiger partial charge is 0.330 e. The van der Waals surface area contributed by atoms with E-state index in [4.69, 9.17) is 4.74 Å². The lowest BCUT2D eigenvalue weighted by atomic mass is 9.98. The average molecular weight is 323 g/mol. The maximum atomic E-state index is 12.4. The van der Waals surface area contributed by atoms with Gasteiger partial charge >= 0.3 is 5.97 Å². The summed E-state index contributed by atoms with van der Waals surface area (Å²) in [6, 6.07) is 7.47. The van der Waals surface area contributed by atoms with Crippen LogP contribution in [0.1, 0.15) is 25.3 Å². The molecule has 1 aliphatic rings. The zero-order valence-electron chi connectivity index (χ0n) is 12.8. The van der Waals surface area contributed by atoms with Gasteiger partial charge in [-0.25, -0.2) is 4.79 Å². The molecule has 1 aromatic carbocycles. The van der Waals surface area contributed by atoms with Crippen LogP contribution >= 0.6 is 11.8 Å². The fraction of sp³-hybridized carbons (Fsp3) is 0.500. The van der Waals surface area contributed by atoms with Crippen LogP contribution < -0.4 is 10.1 Å². The molecule has 1 saturated heterocycles. The summed E-state index contributed by atoms with van der Waals surface area (Å²) in [4.78, 5) is 24.0. The lowest BCUT2D eigenvalue weighted by Crippen LogP contribution is -2.57. The van der Waals surface area contributed by atoms with E-state index in [1.807, 2.05) is 38.1 Å². The molecule has 0 bridgehead atoms. The summed E-state index contributed by atoms with van der Waals surface area (Å²) in [5.41, 5.74) is -0.220. The highest BCUT2D eigenvalue weighted by Crippen LogP contribution is 2.29. The van der Waals surface area contributed by atoms with Crippen LogP contribution in [0, 0.1) is 6.92 Å². The van der Waals surface area contributed by atoms with Gasteiger partial charge in [0.2, 0.25) is 0 Å². The second kappa shape index (κ2) is 7.05. The number of aliphatic carboxylic acids is 1. The lowest BCUT2D eigenvalue weighted by Gasteiger charge is -2.27. The summed E-state index contributed by atoms with van der Waals surface area (Å²) in [6.45, 7) is 3.76. The Bertz CT molecular complexity index is 555. The summed E-state index contributed by atoms with van der Waals surface area (Å²) in [5.74, 6) is 0.443. The summed E-state index contributed by atoms with van der Waals surface area (Å²) >= 11 is 1.54. The van der Waals surface area contributed by atoms with Crippen LogP contribution in [0.4, 0.5) is 0 Å². The van der Waals surface area contributed by atoms with Crippen molar-refractivity contribution in [2.75, 3.05) is 11.5 Å². The number of carboxylic acid groups (broad SMARTS) is 1. The first kappa shape index (κ1) is 16.7. The molecule has 2 rings (SSSR count). The van der Waals surface area contributed by atoms with Crippen molar-refractivity contribution < 1.29 is 19.4 Å². The lowest BCUT2D eigenvalue weighted by molar-refractivity contribution is -0.147. The fourth-order valence-corrected chi connectivity index (χ4v) is 3.69. The Hall–Kier alpha value is -1.69. The molecule has 1 aliphatic heterocycles. The zero-order valence-corrected chi connectivity index (χ0v) is 13.6. The molecule has 1 aromatic rings. The number of ether oxygens (including phenoxy) is 1. The largest absolute Gasteiger partial charge is 0.480 e. The van der Waals surface area contributed by atoms with Crippen molar-refractivity contribution in [1.29, 1.82) is 0 Å². The van der Waals surface area contributed by atoms with Gasteiger partial charge < -0.3 is 15.2 Å². The van der Waals surface area contributed by atoms with Crippen molar-refractivity contribution in [3.63, 3.8) is 0 Å². The highest BCUT2D eigenvalue weighted by atomic mass is 32.2. The number of para-hydroxylation sites is 1. The van der Waals surface area contributed by atoms with Crippen molar-refractivity contribution in [1.82, 2.24) is 5.32 Å². The molecular formula is C16H21NO4S. The number of hydrogen-bond acceptors (Lipinski definition) is 4. The minimum Gasteiger partial charge on any atom is -0.480 e. The van der Waals surface area contributed by atoms with Gasteiger partial charge in [0.1, 0.15) is 11.3 Å². The van der Waals surface area contributed by atoms with E-state index >= 15 is 0 Å². The first-order valence-corrected chi connectivity index (χ1v) is 8.49. The van der Waals surface area contributed by atoms with E-state index in [1.165, 1.54) is 0 Å². The third-order valence-corrected chi connectivity index (χ3v) is 5.01. The maximum absolute atomic E-state index is 12.4. The number of rotatable bonds is 6. The second-order valence-corrected chi connectivity index (χ2v) is 6.56. The molecule has 1 amide bonds. The Labute approximate surface area is 134 Å². The highest BCUT2D eigenvalue weighted by Gasteiger charge is 2.44. The number of nitrogens with one attached hydrogen (secondary N) is 1. The average Bonchev–Trinajstić information content (AvgIpc) is 2.96. The van der Waals surface area contributed by atoms with E-state index in [0.29, 0.717) is 24.3 Å². The molecule has 5 nitrogen and oxygen atoms in total. The molecule has 2 atom stereocenters. The molecule has 120 valence electrons. The standard InChI is InChI=1S/C16H21NO4S/c1-3-12(21-13-7-5-4-6-11(13)2)14(18)17-16(15(19)20)8-9-22-10-16/h4-7,12H,3,8-10H2,1-2H3,(H,17,18)(H,19,20). The SMILES string of the molecule is CCC(Oc1ccccc1C)C(=O)NC1(C(=O)O)CCSC1. The van der Waals surface area contributed by atoms with Gasteiger partial charge in [-0.3, -0.25) is 4.79 Å². The normalized spacial score (nSPS) is 22.1. The zero-order chi connectivity index (χ0) is 16.2. The van der Waals surface area contributed by atoms with E-state index in [2.05, 4.69) is 5.32 Å². The van der Waals surface area contributed by atoms with Gasteiger partial charge in [0.25, 0.3) is 5.91 Å². The van der Waals surface area contributed by atoms with E-state index < -0.39 is 17.6 Å². The van der Waals surface area contributed by atoms with Gasteiger partial charge in [0.05, 0.1) is 0 Å².